The maximum atomic E-state index is 14.6. The van der Waals surface area contributed by atoms with Crippen molar-refractivity contribution in [2.75, 3.05) is 17.4 Å². The molecule has 0 aliphatic heterocycles. The first-order chi connectivity index (χ1) is 21.4. The van der Waals surface area contributed by atoms with Crippen LogP contribution in [0.2, 0.25) is 0 Å². The Bertz CT molecular complexity index is 1670. The van der Waals surface area contributed by atoms with E-state index in [9.17, 15) is 18.0 Å². The first-order valence-electron chi connectivity index (χ1n) is 15.3. The van der Waals surface area contributed by atoms with E-state index in [-0.39, 0.29) is 29.7 Å². The molecule has 4 aromatic carbocycles. The van der Waals surface area contributed by atoms with E-state index in [0.717, 1.165) is 27.8 Å². The smallest absolute Gasteiger partial charge is 0.264 e. The Morgan fingerprint density at radius 2 is 1.31 bits per heavy atom. The maximum absolute atomic E-state index is 14.6. The second-order valence-corrected chi connectivity index (χ2v) is 13.9. The minimum Gasteiger partial charge on any atom is -0.354 e. The van der Waals surface area contributed by atoms with E-state index in [1.807, 2.05) is 95.3 Å². The fraction of sp³-hybridized carbons (Fsp3) is 0.297. The van der Waals surface area contributed by atoms with Gasteiger partial charge in [-0.1, -0.05) is 98.3 Å². The van der Waals surface area contributed by atoms with Crippen molar-refractivity contribution >= 4 is 27.5 Å². The van der Waals surface area contributed by atoms with Crippen LogP contribution >= 0.6 is 0 Å². The van der Waals surface area contributed by atoms with E-state index in [2.05, 4.69) is 5.32 Å². The largest absolute Gasteiger partial charge is 0.354 e. The second kappa shape index (κ2) is 15.0. The molecule has 0 aliphatic carbocycles. The van der Waals surface area contributed by atoms with Crippen LogP contribution in [0, 0.1) is 26.7 Å². The molecule has 0 bridgehead atoms. The SMILES string of the molecule is Cc1ccc(CN(C(=O)CN(c2cc(C)cc(C)c2)S(=O)(=O)c2ccccc2)[C@H](Cc2ccccc2)C(=O)NCC(C)C)cc1. The van der Waals surface area contributed by atoms with E-state index in [1.54, 1.807) is 30.3 Å². The molecule has 4 aromatic rings. The Morgan fingerprint density at radius 1 is 0.733 bits per heavy atom. The van der Waals surface area contributed by atoms with Crippen LogP contribution in [0.15, 0.2) is 108 Å². The molecule has 2 amide bonds. The van der Waals surface area contributed by atoms with Gasteiger partial charge in [0, 0.05) is 19.5 Å². The summed E-state index contributed by atoms with van der Waals surface area (Å²) in [5, 5.41) is 3.02. The molecule has 0 aliphatic rings. The van der Waals surface area contributed by atoms with Crippen LogP contribution in [0.3, 0.4) is 0 Å². The third-order valence-electron chi connectivity index (χ3n) is 7.53. The number of sulfonamides is 1. The number of aryl methyl sites for hydroxylation is 3. The van der Waals surface area contributed by atoms with Crippen molar-refractivity contribution in [2.45, 2.75) is 58.5 Å². The molecule has 1 atom stereocenters. The van der Waals surface area contributed by atoms with Gasteiger partial charge in [0.05, 0.1) is 10.6 Å². The molecular weight excluding hydrogens is 582 g/mol. The van der Waals surface area contributed by atoms with Crippen molar-refractivity contribution in [1.82, 2.24) is 10.2 Å². The van der Waals surface area contributed by atoms with E-state index in [1.165, 1.54) is 21.3 Å². The number of carbonyl (C=O) groups excluding carboxylic acids is 2. The molecule has 7 nitrogen and oxygen atoms in total. The lowest BCUT2D eigenvalue weighted by molar-refractivity contribution is -0.140. The van der Waals surface area contributed by atoms with E-state index < -0.39 is 28.5 Å². The minimum absolute atomic E-state index is 0.0811. The lowest BCUT2D eigenvalue weighted by Crippen LogP contribution is -2.53. The molecule has 0 saturated heterocycles. The standard InChI is InChI=1S/C37H43N3O4S/c1-27(2)24-38-37(42)35(23-31-12-8-6-9-13-31)39(25-32-18-16-28(3)17-19-32)36(41)26-40(33-21-29(4)20-30(5)22-33)45(43,44)34-14-10-7-11-15-34/h6-22,27,35H,23-26H2,1-5H3,(H,38,42)/t35-/m1/s1. The summed E-state index contributed by atoms with van der Waals surface area (Å²) in [4.78, 5) is 30.0. The van der Waals surface area contributed by atoms with Crippen LogP contribution < -0.4 is 9.62 Å². The third kappa shape index (κ3) is 9.05. The van der Waals surface area contributed by atoms with Gasteiger partial charge in [-0.3, -0.25) is 13.9 Å². The van der Waals surface area contributed by atoms with E-state index in [4.69, 9.17) is 0 Å². The van der Waals surface area contributed by atoms with Crippen molar-refractivity contribution in [2.24, 2.45) is 5.92 Å². The highest BCUT2D eigenvalue weighted by molar-refractivity contribution is 7.92. The summed E-state index contributed by atoms with van der Waals surface area (Å²) < 4.78 is 29.5. The summed E-state index contributed by atoms with van der Waals surface area (Å²) in [5.74, 6) is -0.546. The molecule has 0 saturated carbocycles. The van der Waals surface area contributed by atoms with Gasteiger partial charge >= 0.3 is 0 Å². The fourth-order valence-corrected chi connectivity index (χ4v) is 6.63. The molecule has 236 valence electrons. The van der Waals surface area contributed by atoms with Crippen LogP contribution in [-0.2, 0) is 32.6 Å². The summed E-state index contributed by atoms with van der Waals surface area (Å²) in [6.45, 7) is 9.91. The molecule has 0 unspecified atom stereocenters. The zero-order valence-electron chi connectivity index (χ0n) is 26.7. The summed E-state index contributed by atoms with van der Waals surface area (Å²) in [6, 6.07) is 30.1. The van der Waals surface area contributed by atoms with E-state index >= 15 is 0 Å². The molecule has 0 radical (unpaired) electrons. The van der Waals surface area contributed by atoms with Crippen LogP contribution in [0.25, 0.3) is 0 Å². The van der Waals surface area contributed by atoms with Crippen molar-refractivity contribution in [3.63, 3.8) is 0 Å². The Morgan fingerprint density at radius 3 is 1.89 bits per heavy atom. The van der Waals surface area contributed by atoms with Gasteiger partial charge in [0.1, 0.15) is 12.6 Å². The quantitative estimate of drug-likeness (QED) is 0.191. The zero-order valence-corrected chi connectivity index (χ0v) is 27.6. The third-order valence-corrected chi connectivity index (χ3v) is 9.32. The fourth-order valence-electron chi connectivity index (χ4n) is 5.21. The summed E-state index contributed by atoms with van der Waals surface area (Å²) >= 11 is 0. The molecular formula is C37H43N3O4S. The first-order valence-corrected chi connectivity index (χ1v) is 16.7. The van der Waals surface area contributed by atoms with Crippen LogP contribution in [0.5, 0.6) is 0 Å². The number of hydrogen-bond acceptors (Lipinski definition) is 4. The molecule has 0 heterocycles. The number of rotatable bonds is 13. The molecule has 45 heavy (non-hydrogen) atoms. The van der Waals surface area contributed by atoms with Crippen LogP contribution in [0.4, 0.5) is 5.69 Å². The van der Waals surface area contributed by atoms with Crippen LogP contribution in [0.1, 0.15) is 41.7 Å². The average Bonchev–Trinajstić information content (AvgIpc) is 3.01. The first kappa shape index (κ1) is 33.5. The van der Waals surface area contributed by atoms with Gasteiger partial charge in [-0.25, -0.2) is 8.42 Å². The highest BCUT2D eigenvalue weighted by Crippen LogP contribution is 2.27. The Labute approximate surface area is 268 Å². The predicted octanol–water partition coefficient (Wildman–Crippen LogP) is 6.22. The predicted molar refractivity (Wildman–Crippen MR) is 180 cm³/mol. The Kier molecular flexibility index (Phi) is 11.2. The van der Waals surface area contributed by atoms with Gasteiger partial charge in [0.15, 0.2) is 0 Å². The minimum atomic E-state index is -4.14. The lowest BCUT2D eigenvalue weighted by Gasteiger charge is -2.34. The lowest BCUT2D eigenvalue weighted by atomic mass is 10.0. The van der Waals surface area contributed by atoms with Gasteiger partial charge in [-0.15, -0.1) is 0 Å². The summed E-state index contributed by atoms with van der Waals surface area (Å²) in [7, 11) is -4.14. The van der Waals surface area contributed by atoms with Crippen molar-refractivity contribution in [3.8, 4) is 0 Å². The summed E-state index contributed by atoms with van der Waals surface area (Å²) in [5.41, 5.74) is 4.94. The Balaban J connectivity index is 1.81. The van der Waals surface area contributed by atoms with Crippen LogP contribution in [-0.4, -0.2) is 44.3 Å². The number of amides is 2. The van der Waals surface area contributed by atoms with Gasteiger partial charge in [0.2, 0.25) is 11.8 Å². The number of nitrogens with one attached hydrogen (secondary N) is 1. The van der Waals surface area contributed by atoms with Crippen molar-refractivity contribution < 1.29 is 18.0 Å². The Hall–Kier alpha value is -4.43. The normalized spacial score (nSPS) is 12.0. The van der Waals surface area contributed by atoms with Gasteiger partial charge < -0.3 is 10.2 Å². The second-order valence-electron chi connectivity index (χ2n) is 12.0. The molecule has 4 rings (SSSR count). The number of hydrogen-bond donors (Lipinski definition) is 1. The van der Waals surface area contributed by atoms with Crippen molar-refractivity contribution in [1.29, 1.82) is 0 Å². The molecule has 0 aromatic heterocycles. The zero-order chi connectivity index (χ0) is 32.6. The van der Waals surface area contributed by atoms with Gasteiger partial charge in [0.25, 0.3) is 10.0 Å². The molecule has 0 spiro atoms. The van der Waals surface area contributed by atoms with Gasteiger partial charge in [-0.2, -0.15) is 0 Å². The van der Waals surface area contributed by atoms with Gasteiger partial charge in [-0.05, 0) is 73.2 Å². The number of benzene rings is 4. The topological polar surface area (TPSA) is 86.8 Å². The molecule has 1 N–H and O–H groups in total. The van der Waals surface area contributed by atoms with Crippen molar-refractivity contribution in [3.05, 3.63) is 131 Å². The maximum Gasteiger partial charge on any atom is 0.264 e. The number of anilines is 1. The monoisotopic (exact) mass is 625 g/mol. The summed E-state index contributed by atoms with van der Waals surface area (Å²) in [6.07, 6.45) is 0.275. The molecule has 0 fully saturated rings. The number of carbonyl (C=O) groups is 2. The molecule has 8 heteroatoms. The highest BCUT2D eigenvalue weighted by Gasteiger charge is 2.34. The van der Waals surface area contributed by atoms with E-state index in [0.29, 0.717) is 12.2 Å². The number of nitrogens with zero attached hydrogens (tertiary/aromatic N) is 2. The average molecular weight is 626 g/mol. The highest BCUT2D eigenvalue weighted by atomic mass is 32.2.